The van der Waals surface area contributed by atoms with E-state index in [-0.39, 0.29) is 17.9 Å². The zero-order valence-electron chi connectivity index (χ0n) is 19.0. The van der Waals surface area contributed by atoms with Crippen LogP contribution in [0.2, 0.25) is 0 Å². The topological polar surface area (TPSA) is 99.0 Å². The van der Waals surface area contributed by atoms with Crippen molar-refractivity contribution in [2.24, 2.45) is 0 Å². The van der Waals surface area contributed by atoms with Crippen LogP contribution in [0.15, 0.2) is 78.9 Å². The number of carbonyl (C=O) groups is 2. The minimum absolute atomic E-state index is 0.112. The molecule has 1 saturated heterocycles. The van der Waals surface area contributed by atoms with Crippen LogP contribution < -0.4 is 4.74 Å². The van der Waals surface area contributed by atoms with E-state index in [1.165, 1.54) is 40.9 Å². The van der Waals surface area contributed by atoms with Crippen LogP contribution in [-0.2, 0) is 9.53 Å². The lowest BCUT2D eigenvalue weighted by Crippen LogP contribution is -2.44. The van der Waals surface area contributed by atoms with E-state index in [2.05, 4.69) is 0 Å². The van der Waals surface area contributed by atoms with Crippen LogP contribution in [0.4, 0.5) is 5.69 Å². The van der Waals surface area contributed by atoms with Crippen LogP contribution in [0, 0.1) is 10.1 Å². The van der Waals surface area contributed by atoms with Gasteiger partial charge in [0.2, 0.25) is 0 Å². The number of thioether (sulfide) groups is 1. The first kappa shape index (κ1) is 24.3. The average molecular weight is 493 g/mol. The SMILES string of the molecule is CCCOC(=O)C1CSC(c2cccc(Oc3ccccc3)c2)N1C(=O)c1ccc([N+](=O)[O-])cc1. The first-order chi connectivity index (χ1) is 17.0. The van der Waals surface area contributed by atoms with E-state index in [1.807, 2.05) is 61.5 Å². The number of benzene rings is 3. The molecule has 3 aromatic rings. The molecule has 1 amide bonds. The number of nitro groups is 1. The predicted molar refractivity (Wildman–Crippen MR) is 132 cm³/mol. The van der Waals surface area contributed by atoms with Crippen LogP contribution in [-0.4, -0.2) is 40.1 Å². The van der Waals surface area contributed by atoms with Crippen molar-refractivity contribution in [3.63, 3.8) is 0 Å². The molecule has 4 rings (SSSR count). The number of hydrogen-bond acceptors (Lipinski definition) is 7. The van der Waals surface area contributed by atoms with E-state index in [9.17, 15) is 19.7 Å². The molecule has 0 aliphatic carbocycles. The van der Waals surface area contributed by atoms with Crippen molar-refractivity contribution in [1.82, 2.24) is 4.90 Å². The molecule has 8 nitrogen and oxygen atoms in total. The molecular formula is C26H24N2O6S. The van der Waals surface area contributed by atoms with Gasteiger partial charge in [0.1, 0.15) is 22.9 Å². The first-order valence-electron chi connectivity index (χ1n) is 11.2. The van der Waals surface area contributed by atoms with Crippen molar-refractivity contribution in [2.75, 3.05) is 12.4 Å². The zero-order valence-corrected chi connectivity index (χ0v) is 19.9. The van der Waals surface area contributed by atoms with E-state index in [0.29, 0.717) is 23.7 Å². The first-order valence-corrected chi connectivity index (χ1v) is 12.2. The van der Waals surface area contributed by atoms with Gasteiger partial charge in [-0.05, 0) is 48.4 Å². The number of non-ortho nitro benzene ring substituents is 1. The monoisotopic (exact) mass is 492 g/mol. The number of amides is 1. The summed E-state index contributed by atoms with van der Waals surface area (Å²) in [6.45, 7) is 2.17. The molecule has 0 radical (unpaired) electrons. The lowest BCUT2D eigenvalue weighted by Gasteiger charge is -2.29. The van der Waals surface area contributed by atoms with E-state index < -0.39 is 28.2 Å². The smallest absolute Gasteiger partial charge is 0.329 e. The molecule has 9 heteroatoms. The maximum Gasteiger partial charge on any atom is 0.329 e. The highest BCUT2D eigenvalue weighted by Gasteiger charge is 2.43. The van der Waals surface area contributed by atoms with Crippen molar-refractivity contribution in [2.45, 2.75) is 24.8 Å². The molecule has 3 aromatic carbocycles. The lowest BCUT2D eigenvalue weighted by molar-refractivity contribution is -0.384. The van der Waals surface area contributed by atoms with Gasteiger partial charge >= 0.3 is 5.97 Å². The second kappa shape index (κ2) is 11.1. The highest BCUT2D eigenvalue weighted by molar-refractivity contribution is 7.99. The number of nitrogens with zero attached hydrogens (tertiary/aromatic N) is 2. The van der Waals surface area contributed by atoms with E-state index in [4.69, 9.17) is 9.47 Å². The third-order valence-corrected chi connectivity index (χ3v) is 6.73. The third-order valence-electron chi connectivity index (χ3n) is 5.40. The van der Waals surface area contributed by atoms with Gasteiger partial charge in [-0.2, -0.15) is 0 Å². The highest BCUT2D eigenvalue weighted by Crippen LogP contribution is 2.43. The Bertz CT molecular complexity index is 1200. The quantitative estimate of drug-likeness (QED) is 0.229. The molecule has 1 fully saturated rings. The third kappa shape index (κ3) is 5.63. The van der Waals surface area contributed by atoms with Crippen molar-refractivity contribution < 1.29 is 24.0 Å². The van der Waals surface area contributed by atoms with Crippen molar-refractivity contribution >= 4 is 29.3 Å². The molecule has 1 heterocycles. The van der Waals surface area contributed by atoms with Gasteiger partial charge in [0, 0.05) is 23.4 Å². The second-order valence-electron chi connectivity index (χ2n) is 7.87. The molecule has 2 unspecified atom stereocenters. The van der Waals surface area contributed by atoms with Gasteiger partial charge in [0.25, 0.3) is 11.6 Å². The summed E-state index contributed by atoms with van der Waals surface area (Å²) in [4.78, 5) is 38.4. The molecule has 35 heavy (non-hydrogen) atoms. The van der Waals surface area contributed by atoms with Crippen molar-refractivity contribution in [1.29, 1.82) is 0 Å². The Hall–Kier alpha value is -3.85. The Balaban J connectivity index is 1.64. The fourth-order valence-electron chi connectivity index (χ4n) is 3.72. The molecule has 1 aliphatic heterocycles. The molecule has 0 bridgehead atoms. The summed E-state index contributed by atoms with van der Waals surface area (Å²) < 4.78 is 11.3. The maximum atomic E-state index is 13.6. The van der Waals surface area contributed by atoms with E-state index in [1.54, 1.807) is 0 Å². The zero-order chi connectivity index (χ0) is 24.8. The maximum absolute atomic E-state index is 13.6. The molecule has 0 spiro atoms. The van der Waals surface area contributed by atoms with Crippen molar-refractivity contribution in [3.8, 4) is 11.5 Å². The highest BCUT2D eigenvalue weighted by atomic mass is 32.2. The van der Waals surface area contributed by atoms with Crippen LogP contribution in [0.25, 0.3) is 0 Å². The minimum atomic E-state index is -0.780. The van der Waals surface area contributed by atoms with Gasteiger partial charge in [-0.3, -0.25) is 14.9 Å². The number of esters is 1. The summed E-state index contributed by atoms with van der Waals surface area (Å²) in [7, 11) is 0. The Labute approximate surface area is 207 Å². The summed E-state index contributed by atoms with van der Waals surface area (Å²) in [6.07, 6.45) is 0.671. The van der Waals surface area contributed by atoms with Crippen LogP contribution in [0.1, 0.15) is 34.6 Å². The summed E-state index contributed by atoms with van der Waals surface area (Å²) in [5.74, 6) is 0.796. The van der Waals surface area contributed by atoms with Crippen molar-refractivity contribution in [3.05, 3.63) is 100 Å². The van der Waals surface area contributed by atoms with E-state index >= 15 is 0 Å². The van der Waals surface area contributed by atoms with Gasteiger partial charge in [0.15, 0.2) is 0 Å². The van der Waals surface area contributed by atoms with Gasteiger partial charge < -0.3 is 14.4 Å². The van der Waals surface area contributed by atoms with Gasteiger partial charge in [-0.25, -0.2) is 4.79 Å². The van der Waals surface area contributed by atoms with Gasteiger partial charge in [-0.1, -0.05) is 37.3 Å². The molecule has 1 aliphatic rings. The standard InChI is InChI=1S/C26H24N2O6S/c1-2-15-33-26(30)23-17-35-25(27(23)24(29)18-11-13-20(14-12-18)28(31)32)19-7-6-10-22(16-19)34-21-8-4-3-5-9-21/h3-14,16,23,25H,2,15,17H2,1H3. The largest absolute Gasteiger partial charge is 0.464 e. The summed E-state index contributed by atoms with van der Waals surface area (Å²) >= 11 is 1.46. The molecule has 2 atom stereocenters. The molecule has 180 valence electrons. The molecule has 0 N–H and O–H groups in total. The summed E-state index contributed by atoms with van der Waals surface area (Å²) in [5, 5.41) is 10.6. The number of ether oxygens (including phenoxy) is 2. The number of carbonyl (C=O) groups excluding carboxylic acids is 2. The average Bonchev–Trinajstić information content (AvgIpc) is 3.33. The Morgan fingerprint density at radius 1 is 1.03 bits per heavy atom. The lowest BCUT2D eigenvalue weighted by atomic mass is 10.1. The normalized spacial score (nSPS) is 17.1. The summed E-state index contributed by atoms with van der Waals surface area (Å²) in [5.41, 5.74) is 0.941. The van der Waals surface area contributed by atoms with Crippen LogP contribution >= 0.6 is 11.8 Å². The predicted octanol–water partition coefficient (Wildman–Crippen LogP) is 5.60. The van der Waals surface area contributed by atoms with E-state index in [0.717, 1.165) is 5.56 Å². The fraction of sp³-hybridized carbons (Fsp3) is 0.231. The van der Waals surface area contributed by atoms with Gasteiger partial charge in [0.05, 0.1) is 11.5 Å². The van der Waals surface area contributed by atoms with Crippen LogP contribution in [0.5, 0.6) is 11.5 Å². The Morgan fingerprint density at radius 2 is 1.74 bits per heavy atom. The fourth-order valence-corrected chi connectivity index (χ4v) is 5.13. The number of rotatable bonds is 8. The van der Waals surface area contributed by atoms with Gasteiger partial charge in [-0.15, -0.1) is 11.8 Å². The Morgan fingerprint density at radius 3 is 2.43 bits per heavy atom. The summed E-state index contributed by atoms with van der Waals surface area (Å²) in [6, 6.07) is 21.3. The number of hydrogen-bond donors (Lipinski definition) is 0. The minimum Gasteiger partial charge on any atom is -0.464 e. The second-order valence-corrected chi connectivity index (χ2v) is 8.99. The molecular weight excluding hydrogens is 468 g/mol. The number of nitro benzene ring substituents is 1. The molecule has 0 saturated carbocycles. The number of para-hydroxylation sites is 1. The van der Waals surface area contributed by atoms with Crippen LogP contribution in [0.3, 0.4) is 0 Å². The Kier molecular flexibility index (Phi) is 7.67. The molecule has 0 aromatic heterocycles.